The van der Waals surface area contributed by atoms with Gasteiger partial charge in [-0.25, -0.2) is 4.39 Å². The van der Waals surface area contributed by atoms with Gasteiger partial charge in [-0.2, -0.15) is 6.92 Å². The third-order valence-electron chi connectivity index (χ3n) is 1.66. The average Bonchev–Trinajstić information content (AvgIpc) is 2.13. The average molecular weight is 347 g/mol. The zero-order chi connectivity index (χ0) is 10.6. The predicted molar refractivity (Wildman–Crippen MR) is 58.5 cm³/mol. The predicted octanol–water partition coefficient (Wildman–Crippen LogP) is 2.75. The molecule has 0 fully saturated rings. The fourth-order valence-electron chi connectivity index (χ4n) is 0.944. The number of benzene rings is 1. The maximum atomic E-state index is 12.9. The molecule has 0 N–H and O–H groups in total. The van der Waals surface area contributed by atoms with Crippen molar-refractivity contribution < 1.29 is 37.7 Å². The van der Waals surface area contributed by atoms with Gasteiger partial charge in [-0.15, -0.1) is 22.5 Å². The summed E-state index contributed by atoms with van der Waals surface area (Å²) in [5.41, 5.74) is 0.0579. The normalized spacial score (nSPS) is 8.94. The molecule has 0 bridgehead atoms. The Hall–Kier alpha value is -0.187. The Bertz CT molecular complexity index is 324. The van der Waals surface area contributed by atoms with E-state index in [-0.39, 0.29) is 54.4 Å². The van der Waals surface area contributed by atoms with Crippen LogP contribution in [0.1, 0.15) is 5.56 Å². The summed E-state index contributed by atoms with van der Waals surface area (Å²) in [4.78, 5) is 0. The SMILES string of the molecule is Br.[CH2-]c1c(F)cc(F)cc1OCCOC.[Zn]. The van der Waals surface area contributed by atoms with E-state index < -0.39 is 11.6 Å². The van der Waals surface area contributed by atoms with E-state index in [1.54, 1.807) is 0 Å². The van der Waals surface area contributed by atoms with Crippen molar-refractivity contribution in [3.05, 3.63) is 36.3 Å². The minimum Gasteiger partial charge on any atom is -0.548 e. The molecule has 1 aromatic carbocycles. The van der Waals surface area contributed by atoms with Crippen LogP contribution in [0.2, 0.25) is 0 Å². The molecule has 0 aromatic heterocycles. The molecule has 88 valence electrons. The molecular formula is C10H12BrF2O2Zn-. The van der Waals surface area contributed by atoms with Crippen LogP contribution in [-0.4, -0.2) is 20.3 Å². The summed E-state index contributed by atoms with van der Waals surface area (Å²) in [6.45, 7) is 4.03. The first-order chi connectivity index (χ1) is 6.65. The molecule has 0 saturated carbocycles. The van der Waals surface area contributed by atoms with Gasteiger partial charge in [-0.1, -0.05) is 0 Å². The summed E-state index contributed by atoms with van der Waals surface area (Å²) in [5.74, 6) is -1.28. The third-order valence-corrected chi connectivity index (χ3v) is 1.66. The van der Waals surface area contributed by atoms with Crippen molar-refractivity contribution in [3.8, 4) is 5.75 Å². The van der Waals surface area contributed by atoms with Crippen LogP contribution in [0.5, 0.6) is 5.75 Å². The van der Waals surface area contributed by atoms with Gasteiger partial charge in [-0.05, 0) is 12.1 Å². The molecule has 0 radical (unpaired) electrons. The second-order valence-electron chi connectivity index (χ2n) is 2.71. The molecule has 0 heterocycles. The number of methoxy groups -OCH3 is 1. The van der Waals surface area contributed by atoms with E-state index in [4.69, 9.17) is 9.47 Å². The quantitative estimate of drug-likeness (QED) is 0.474. The van der Waals surface area contributed by atoms with Crippen molar-refractivity contribution in [1.29, 1.82) is 0 Å². The van der Waals surface area contributed by atoms with E-state index in [1.807, 2.05) is 0 Å². The van der Waals surface area contributed by atoms with Crippen LogP contribution in [0.25, 0.3) is 0 Å². The molecular weight excluding hydrogens is 335 g/mol. The standard InChI is InChI=1S/C10H11F2O2.BrH.Zn/c1-7-9(12)5-8(11)6-10(7)14-4-3-13-2;;/h5-6H,1,3-4H2,2H3;1H;/q-1;;. The van der Waals surface area contributed by atoms with E-state index in [0.717, 1.165) is 12.1 Å². The molecule has 0 aliphatic carbocycles. The van der Waals surface area contributed by atoms with E-state index >= 15 is 0 Å². The Morgan fingerprint density at radius 1 is 1.25 bits per heavy atom. The van der Waals surface area contributed by atoms with Crippen molar-refractivity contribution in [2.75, 3.05) is 20.3 Å². The third kappa shape index (κ3) is 5.24. The summed E-state index contributed by atoms with van der Waals surface area (Å²) in [7, 11) is 1.51. The summed E-state index contributed by atoms with van der Waals surface area (Å²) in [5, 5.41) is 0. The van der Waals surface area contributed by atoms with Crippen LogP contribution in [-0.2, 0) is 24.2 Å². The van der Waals surface area contributed by atoms with E-state index in [9.17, 15) is 8.78 Å². The first kappa shape index (κ1) is 18.2. The number of ether oxygens (including phenoxy) is 2. The summed E-state index contributed by atoms with van der Waals surface area (Å²) >= 11 is 0. The summed E-state index contributed by atoms with van der Waals surface area (Å²) in [6.07, 6.45) is 0. The molecule has 0 aliphatic rings. The molecule has 1 rings (SSSR count). The van der Waals surface area contributed by atoms with Gasteiger partial charge in [0.25, 0.3) is 0 Å². The topological polar surface area (TPSA) is 18.5 Å². The molecule has 0 spiro atoms. The maximum Gasteiger partial charge on any atom is 0.105 e. The van der Waals surface area contributed by atoms with Crippen molar-refractivity contribution in [1.82, 2.24) is 0 Å². The molecule has 2 nitrogen and oxygen atoms in total. The molecule has 16 heavy (non-hydrogen) atoms. The first-order valence-corrected chi connectivity index (χ1v) is 4.08. The fourth-order valence-corrected chi connectivity index (χ4v) is 0.944. The smallest absolute Gasteiger partial charge is 0.105 e. The number of halogens is 3. The molecule has 0 saturated heterocycles. The summed E-state index contributed by atoms with van der Waals surface area (Å²) in [6, 6.07) is 1.87. The molecule has 0 amide bonds. The van der Waals surface area contributed by atoms with Gasteiger partial charge in [0.15, 0.2) is 0 Å². The maximum absolute atomic E-state index is 12.9. The zero-order valence-electron chi connectivity index (χ0n) is 8.96. The number of hydrogen-bond acceptors (Lipinski definition) is 2. The number of hydrogen-bond donors (Lipinski definition) is 0. The van der Waals surface area contributed by atoms with Gasteiger partial charge in [0.05, 0.1) is 13.2 Å². The van der Waals surface area contributed by atoms with Gasteiger partial charge in [0, 0.05) is 38.2 Å². The molecule has 0 aliphatic heterocycles. The van der Waals surface area contributed by atoms with Crippen LogP contribution in [0.3, 0.4) is 0 Å². The largest absolute Gasteiger partial charge is 0.548 e. The van der Waals surface area contributed by atoms with Crippen LogP contribution in [0, 0.1) is 18.6 Å². The Morgan fingerprint density at radius 3 is 2.44 bits per heavy atom. The van der Waals surface area contributed by atoms with Crippen molar-refractivity contribution in [3.63, 3.8) is 0 Å². The molecule has 0 atom stereocenters. The zero-order valence-corrected chi connectivity index (χ0v) is 13.6. The van der Waals surface area contributed by atoms with Crippen molar-refractivity contribution in [2.24, 2.45) is 0 Å². The van der Waals surface area contributed by atoms with Gasteiger partial charge in [0.2, 0.25) is 0 Å². The second-order valence-corrected chi connectivity index (χ2v) is 2.71. The van der Waals surface area contributed by atoms with Crippen molar-refractivity contribution >= 4 is 17.0 Å². The molecule has 0 unspecified atom stereocenters. The Morgan fingerprint density at radius 2 is 1.88 bits per heavy atom. The van der Waals surface area contributed by atoms with Gasteiger partial charge in [0.1, 0.15) is 5.82 Å². The second kappa shape index (κ2) is 8.91. The first-order valence-electron chi connectivity index (χ1n) is 4.08. The van der Waals surface area contributed by atoms with E-state index in [1.165, 1.54) is 7.11 Å². The van der Waals surface area contributed by atoms with Crippen LogP contribution in [0.15, 0.2) is 12.1 Å². The number of rotatable bonds is 4. The Labute approximate surface area is 117 Å². The minimum absolute atomic E-state index is 0. The Kier molecular flexibility index (Phi) is 10.1. The van der Waals surface area contributed by atoms with E-state index in [2.05, 4.69) is 6.92 Å². The Balaban J connectivity index is 0. The fraction of sp³-hybridized carbons (Fsp3) is 0.300. The van der Waals surface area contributed by atoms with Gasteiger partial charge < -0.3 is 9.47 Å². The molecule has 1 aromatic rings. The van der Waals surface area contributed by atoms with Crippen LogP contribution < -0.4 is 4.74 Å². The monoisotopic (exact) mass is 345 g/mol. The minimum atomic E-state index is -0.711. The van der Waals surface area contributed by atoms with Crippen molar-refractivity contribution in [2.45, 2.75) is 0 Å². The van der Waals surface area contributed by atoms with Crippen LogP contribution in [0.4, 0.5) is 8.78 Å². The summed E-state index contributed by atoms with van der Waals surface area (Å²) < 4.78 is 35.5. The van der Waals surface area contributed by atoms with Gasteiger partial charge >= 0.3 is 0 Å². The van der Waals surface area contributed by atoms with Crippen LogP contribution >= 0.6 is 17.0 Å². The van der Waals surface area contributed by atoms with Gasteiger partial charge in [-0.3, -0.25) is 4.39 Å². The van der Waals surface area contributed by atoms with E-state index in [0.29, 0.717) is 6.61 Å². The molecule has 6 heteroatoms.